The number of hydrogen-bond donors (Lipinski definition) is 1. The molecule has 1 N–H and O–H groups in total. The first-order chi connectivity index (χ1) is 7.22. The van der Waals surface area contributed by atoms with Gasteiger partial charge in [-0.05, 0) is 26.7 Å². The van der Waals surface area contributed by atoms with E-state index in [1.54, 1.807) is 0 Å². The van der Waals surface area contributed by atoms with Gasteiger partial charge in [0, 0.05) is 18.7 Å². The minimum Gasteiger partial charge on any atom is -0.394 e. The number of rotatable bonds is 3. The van der Waals surface area contributed by atoms with E-state index in [1.165, 1.54) is 0 Å². The Labute approximate surface area is 90.5 Å². The molecule has 0 spiro atoms. The lowest BCUT2D eigenvalue weighted by molar-refractivity contribution is 0.266. The summed E-state index contributed by atoms with van der Waals surface area (Å²) in [5.41, 5.74) is 0. The van der Waals surface area contributed by atoms with E-state index in [1.807, 2.05) is 10.7 Å². The van der Waals surface area contributed by atoms with Crippen molar-refractivity contribution in [2.45, 2.75) is 38.8 Å². The fraction of sp³-hybridized carbons (Fsp3) is 0.727. The average Bonchev–Trinajstić information content (AvgIpc) is 2.85. The molecule has 1 atom stereocenters. The van der Waals surface area contributed by atoms with E-state index in [0.29, 0.717) is 6.04 Å². The van der Waals surface area contributed by atoms with Crippen LogP contribution >= 0.6 is 0 Å². The summed E-state index contributed by atoms with van der Waals surface area (Å²) >= 11 is 0. The summed E-state index contributed by atoms with van der Waals surface area (Å²) in [5.74, 6) is 0.945. The van der Waals surface area contributed by atoms with E-state index in [9.17, 15) is 5.11 Å². The number of hydrogen-bond acceptors (Lipinski definition) is 3. The van der Waals surface area contributed by atoms with E-state index < -0.39 is 0 Å². The van der Waals surface area contributed by atoms with Gasteiger partial charge in [-0.3, -0.25) is 4.68 Å². The summed E-state index contributed by atoms with van der Waals surface area (Å²) in [4.78, 5) is 2.18. The highest BCUT2D eigenvalue weighted by molar-refractivity contribution is 5.39. The van der Waals surface area contributed by atoms with Crippen molar-refractivity contribution in [2.24, 2.45) is 0 Å². The Balaban J connectivity index is 2.14. The Morgan fingerprint density at radius 3 is 3.07 bits per heavy atom. The second-order valence-electron chi connectivity index (χ2n) is 4.34. The van der Waals surface area contributed by atoms with Gasteiger partial charge in [-0.2, -0.15) is 5.10 Å². The van der Waals surface area contributed by atoms with Crippen LogP contribution < -0.4 is 4.90 Å². The Morgan fingerprint density at radius 2 is 2.47 bits per heavy atom. The number of nitrogens with zero attached hydrogens (tertiary/aromatic N) is 3. The number of anilines is 1. The summed E-state index contributed by atoms with van der Waals surface area (Å²) in [6, 6.07) is 2.50. The maximum atomic E-state index is 9.23. The fourth-order valence-corrected chi connectivity index (χ4v) is 2.02. The van der Waals surface area contributed by atoms with Gasteiger partial charge in [0.05, 0.1) is 18.8 Å². The maximum absolute atomic E-state index is 9.23. The Morgan fingerprint density at radius 1 is 1.67 bits per heavy atom. The zero-order chi connectivity index (χ0) is 10.8. The van der Waals surface area contributed by atoms with E-state index in [0.717, 1.165) is 25.2 Å². The monoisotopic (exact) mass is 208 g/mol. The van der Waals surface area contributed by atoms with Crippen molar-refractivity contribution in [3.63, 3.8) is 0 Å². The number of aromatic nitrogens is 2. The number of aliphatic hydroxyl groups is 1. The average molecular weight is 208 g/mol. The molecule has 1 aromatic heterocycles. The fourth-order valence-electron chi connectivity index (χ4n) is 2.02. The topological polar surface area (TPSA) is 41.3 Å². The highest BCUT2D eigenvalue weighted by Crippen LogP contribution is 2.23. The van der Waals surface area contributed by atoms with Crippen LogP contribution in [0.1, 0.15) is 32.7 Å². The minimum atomic E-state index is 0.217. The van der Waals surface area contributed by atoms with Crippen LogP contribution in [-0.4, -0.2) is 34.1 Å². The van der Waals surface area contributed by atoms with Gasteiger partial charge in [-0.1, -0.05) is 0 Å². The Hall–Kier alpha value is -1.03. The first kappa shape index (κ1) is 10.5. The van der Waals surface area contributed by atoms with Crippen LogP contribution in [0.2, 0.25) is 0 Å². The molecule has 2 rings (SSSR count). The van der Waals surface area contributed by atoms with Gasteiger partial charge in [-0.15, -0.1) is 0 Å². The van der Waals surface area contributed by atoms with E-state index in [-0.39, 0.29) is 12.6 Å². The molecule has 0 amide bonds. The van der Waals surface area contributed by atoms with Crippen LogP contribution in [0.25, 0.3) is 0 Å². The zero-order valence-corrected chi connectivity index (χ0v) is 9.35. The first-order valence-corrected chi connectivity index (χ1v) is 5.57. The number of aliphatic hydroxyl groups excluding tert-OH is 1. The predicted octanol–water partition coefficient (Wildman–Crippen LogP) is 1.23. The van der Waals surface area contributed by atoms with Gasteiger partial charge in [-0.25, -0.2) is 0 Å². The Bertz CT molecular complexity index is 321. The summed E-state index contributed by atoms with van der Waals surface area (Å²) in [7, 11) is 0. The van der Waals surface area contributed by atoms with Crippen LogP contribution in [0.4, 0.5) is 5.82 Å². The SMILES string of the molecule is CC(C)n1[c]cc(N2CCC[C@H]2CO)n1. The lowest BCUT2D eigenvalue weighted by atomic mass is 10.2. The maximum Gasteiger partial charge on any atom is 0.151 e. The zero-order valence-electron chi connectivity index (χ0n) is 9.35. The molecule has 4 nitrogen and oxygen atoms in total. The molecule has 83 valence electrons. The molecule has 0 aliphatic carbocycles. The molecule has 0 saturated carbocycles. The third kappa shape index (κ3) is 2.00. The van der Waals surface area contributed by atoms with Crippen molar-refractivity contribution >= 4 is 5.82 Å². The molecule has 1 radical (unpaired) electrons. The van der Waals surface area contributed by atoms with E-state index in [2.05, 4.69) is 30.0 Å². The van der Waals surface area contributed by atoms with Crippen molar-refractivity contribution in [3.8, 4) is 0 Å². The molecule has 15 heavy (non-hydrogen) atoms. The molecule has 0 unspecified atom stereocenters. The van der Waals surface area contributed by atoms with Crippen molar-refractivity contribution in [1.29, 1.82) is 0 Å². The van der Waals surface area contributed by atoms with Gasteiger partial charge in [0.25, 0.3) is 0 Å². The largest absolute Gasteiger partial charge is 0.394 e. The quantitative estimate of drug-likeness (QED) is 0.812. The standard InChI is InChI=1S/C11H18N3O/c1-9(2)14-7-5-11(12-14)13-6-3-4-10(13)8-15/h5,9-10,15H,3-4,6,8H2,1-2H3/t10-/m0/s1. The van der Waals surface area contributed by atoms with Gasteiger partial charge < -0.3 is 10.0 Å². The smallest absolute Gasteiger partial charge is 0.151 e. The molecule has 1 aliphatic rings. The molecular weight excluding hydrogens is 190 g/mol. The van der Waals surface area contributed by atoms with Crippen LogP contribution in [0, 0.1) is 6.20 Å². The molecule has 1 aromatic rings. The molecule has 0 bridgehead atoms. The summed E-state index contributed by atoms with van der Waals surface area (Å²) in [6.07, 6.45) is 5.31. The van der Waals surface area contributed by atoms with E-state index in [4.69, 9.17) is 0 Å². The summed E-state index contributed by atoms with van der Waals surface area (Å²) in [5, 5.41) is 13.7. The van der Waals surface area contributed by atoms with Crippen molar-refractivity contribution < 1.29 is 5.11 Å². The van der Waals surface area contributed by atoms with E-state index >= 15 is 0 Å². The Kier molecular flexibility index (Phi) is 2.95. The molecule has 1 saturated heterocycles. The minimum absolute atomic E-state index is 0.217. The third-order valence-corrected chi connectivity index (χ3v) is 2.91. The summed E-state index contributed by atoms with van der Waals surface area (Å²) < 4.78 is 1.84. The van der Waals surface area contributed by atoms with Gasteiger partial charge in [0.15, 0.2) is 5.82 Å². The normalized spacial score (nSPS) is 21.6. The van der Waals surface area contributed by atoms with Crippen LogP contribution in [0.3, 0.4) is 0 Å². The second-order valence-corrected chi connectivity index (χ2v) is 4.34. The molecule has 4 heteroatoms. The lowest BCUT2D eigenvalue weighted by Crippen LogP contribution is -2.32. The van der Waals surface area contributed by atoms with Crippen molar-refractivity contribution in [1.82, 2.24) is 9.78 Å². The third-order valence-electron chi connectivity index (χ3n) is 2.91. The highest BCUT2D eigenvalue weighted by Gasteiger charge is 2.25. The van der Waals surface area contributed by atoms with Crippen molar-refractivity contribution in [3.05, 3.63) is 12.3 Å². The first-order valence-electron chi connectivity index (χ1n) is 5.57. The molecular formula is C11H18N3O. The summed E-state index contributed by atoms with van der Waals surface area (Å²) in [6.45, 7) is 5.38. The second kappa shape index (κ2) is 4.23. The van der Waals surface area contributed by atoms with Gasteiger partial charge >= 0.3 is 0 Å². The van der Waals surface area contributed by atoms with Gasteiger partial charge in [0.2, 0.25) is 0 Å². The van der Waals surface area contributed by atoms with Crippen LogP contribution in [0.15, 0.2) is 6.07 Å². The molecule has 1 aliphatic heterocycles. The highest BCUT2D eigenvalue weighted by atomic mass is 16.3. The lowest BCUT2D eigenvalue weighted by Gasteiger charge is -2.22. The van der Waals surface area contributed by atoms with Crippen molar-refractivity contribution in [2.75, 3.05) is 18.1 Å². The molecule has 0 aromatic carbocycles. The molecule has 1 fully saturated rings. The molecule has 2 heterocycles. The van der Waals surface area contributed by atoms with Crippen LogP contribution in [0.5, 0.6) is 0 Å². The van der Waals surface area contributed by atoms with Crippen LogP contribution in [-0.2, 0) is 0 Å². The van der Waals surface area contributed by atoms with Gasteiger partial charge in [0.1, 0.15) is 0 Å². The predicted molar refractivity (Wildman–Crippen MR) is 58.9 cm³/mol.